The van der Waals surface area contributed by atoms with Gasteiger partial charge in [-0.3, -0.25) is 14.9 Å². The van der Waals surface area contributed by atoms with Gasteiger partial charge in [-0.05, 0) is 35.9 Å². The number of amides is 1. The van der Waals surface area contributed by atoms with Gasteiger partial charge in [-0.1, -0.05) is 23.7 Å². The summed E-state index contributed by atoms with van der Waals surface area (Å²) >= 11 is 6.06. The van der Waals surface area contributed by atoms with E-state index in [1.165, 1.54) is 12.1 Å². The van der Waals surface area contributed by atoms with E-state index in [9.17, 15) is 14.9 Å². The normalized spacial score (nSPS) is 10.4. The molecule has 0 atom stereocenters. The van der Waals surface area contributed by atoms with E-state index >= 15 is 0 Å². The first-order valence-corrected chi connectivity index (χ1v) is 7.87. The quantitative estimate of drug-likeness (QED) is 0.549. The molecule has 0 aliphatic rings. The average molecular weight is 356 g/mol. The van der Waals surface area contributed by atoms with Gasteiger partial charge in [0.05, 0.1) is 22.7 Å². The lowest BCUT2D eigenvalue weighted by molar-refractivity contribution is -0.384. The summed E-state index contributed by atoms with van der Waals surface area (Å²) in [5.41, 5.74) is 2.08. The number of nitro groups is 1. The number of nitrogens with one attached hydrogen (secondary N) is 1. The summed E-state index contributed by atoms with van der Waals surface area (Å²) in [6.07, 6.45) is 3.83. The number of benzene rings is 2. The molecule has 1 amide bonds. The van der Waals surface area contributed by atoms with Crippen molar-refractivity contribution in [1.29, 1.82) is 0 Å². The molecule has 0 aliphatic carbocycles. The number of carbonyl (C=O) groups is 1. The number of non-ortho nitro benzene ring substituents is 1. The van der Waals surface area contributed by atoms with Crippen LogP contribution in [0.3, 0.4) is 0 Å². The number of hydrogen-bond acceptors (Lipinski definition) is 3. The van der Waals surface area contributed by atoms with Crippen LogP contribution in [-0.4, -0.2) is 15.4 Å². The third-order valence-electron chi connectivity index (χ3n) is 3.63. The molecule has 0 bridgehead atoms. The first-order valence-electron chi connectivity index (χ1n) is 7.49. The first-order chi connectivity index (χ1) is 12.0. The number of nitro benzene ring substituents is 1. The van der Waals surface area contributed by atoms with Crippen LogP contribution >= 0.6 is 11.6 Å². The minimum absolute atomic E-state index is 0.00301. The minimum atomic E-state index is -0.471. The predicted molar refractivity (Wildman–Crippen MR) is 96.2 cm³/mol. The third-order valence-corrected chi connectivity index (χ3v) is 3.86. The molecule has 0 saturated carbocycles. The van der Waals surface area contributed by atoms with Crippen molar-refractivity contribution in [2.45, 2.75) is 6.42 Å². The molecule has 0 saturated heterocycles. The number of nitrogens with zero attached hydrogens (tertiary/aromatic N) is 2. The van der Waals surface area contributed by atoms with Gasteiger partial charge in [0, 0.05) is 29.5 Å². The van der Waals surface area contributed by atoms with Gasteiger partial charge >= 0.3 is 0 Å². The van der Waals surface area contributed by atoms with Crippen LogP contribution in [0.2, 0.25) is 5.02 Å². The van der Waals surface area contributed by atoms with Gasteiger partial charge in [0.25, 0.3) is 5.69 Å². The smallest absolute Gasteiger partial charge is 0.269 e. The van der Waals surface area contributed by atoms with E-state index < -0.39 is 4.92 Å². The van der Waals surface area contributed by atoms with Crippen molar-refractivity contribution in [2.24, 2.45) is 0 Å². The van der Waals surface area contributed by atoms with E-state index in [1.807, 2.05) is 29.1 Å². The molecule has 2 aromatic carbocycles. The molecule has 1 heterocycles. The van der Waals surface area contributed by atoms with Crippen LogP contribution in [0.5, 0.6) is 0 Å². The summed E-state index contributed by atoms with van der Waals surface area (Å²) in [6, 6.07) is 14.9. The zero-order valence-electron chi connectivity index (χ0n) is 13.1. The number of carbonyl (C=O) groups excluding carboxylic acids is 1. The number of halogens is 1. The second kappa shape index (κ2) is 7.19. The fourth-order valence-electron chi connectivity index (χ4n) is 2.43. The summed E-state index contributed by atoms with van der Waals surface area (Å²) in [4.78, 5) is 22.5. The fourth-order valence-corrected chi connectivity index (χ4v) is 2.60. The Morgan fingerprint density at radius 1 is 1.12 bits per heavy atom. The topological polar surface area (TPSA) is 77.2 Å². The molecule has 1 aromatic heterocycles. The average Bonchev–Trinajstić information content (AvgIpc) is 3.11. The maximum Gasteiger partial charge on any atom is 0.269 e. The Labute approximate surface area is 148 Å². The lowest BCUT2D eigenvalue weighted by atomic mass is 10.1. The lowest BCUT2D eigenvalue weighted by Crippen LogP contribution is -2.15. The van der Waals surface area contributed by atoms with Crippen LogP contribution in [0.1, 0.15) is 5.56 Å². The largest absolute Gasteiger partial charge is 0.324 e. The van der Waals surface area contributed by atoms with Crippen molar-refractivity contribution in [3.05, 3.63) is 87.7 Å². The van der Waals surface area contributed by atoms with Crippen molar-refractivity contribution in [2.75, 3.05) is 5.32 Å². The molecule has 0 unspecified atom stereocenters. The van der Waals surface area contributed by atoms with E-state index in [4.69, 9.17) is 11.6 Å². The second-order valence-electron chi connectivity index (χ2n) is 5.40. The van der Waals surface area contributed by atoms with Gasteiger partial charge in [0.15, 0.2) is 0 Å². The van der Waals surface area contributed by atoms with Crippen LogP contribution in [-0.2, 0) is 11.2 Å². The monoisotopic (exact) mass is 355 g/mol. The van der Waals surface area contributed by atoms with Crippen LogP contribution in [0.15, 0.2) is 67.0 Å². The molecule has 6 nitrogen and oxygen atoms in total. The van der Waals surface area contributed by atoms with E-state index in [-0.39, 0.29) is 18.0 Å². The molecule has 0 radical (unpaired) electrons. The van der Waals surface area contributed by atoms with Gasteiger partial charge in [0.1, 0.15) is 0 Å². The summed E-state index contributed by atoms with van der Waals surface area (Å²) < 4.78 is 1.85. The Bertz CT molecular complexity index is 906. The van der Waals surface area contributed by atoms with E-state index in [1.54, 1.807) is 30.3 Å². The molecule has 0 fully saturated rings. The predicted octanol–water partition coefficient (Wildman–Crippen LogP) is 4.22. The Hall–Kier alpha value is -3.12. The summed E-state index contributed by atoms with van der Waals surface area (Å²) in [5, 5.41) is 14.1. The number of anilines is 1. The highest BCUT2D eigenvalue weighted by molar-refractivity contribution is 6.30. The number of hydrogen-bond donors (Lipinski definition) is 1. The van der Waals surface area contributed by atoms with Crippen molar-refractivity contribution in [3.63, 3.8) is 0 Å². The third kappa shape index (κ3) is 4.05. The van der Waals surface area contributed by atoms with E-state index in [0.717, 1.165) is 5.69 Å². The zero-order valence-corrected chi connectivity index (χ0v) is 13.8. The van der Waals surface area contributed by atoms with Crippen LogP contribution in [0.25, 0.3) is 5.69 Å². The molecule has 3 aromatic rings. The molecule has 0 aliphatic heterocycles. The summed E-state index contributed by atoms with van der Waals surface area (Å²) in [7, 11) is 0. The highest BCUT2D eigenvalue weighted by Crippen LogP contribution is 2.25. The number of aromatic nitrogens is 1. The molecule has 126 valence electrons. The van der Waals surface area contributed by atoms with Gasteiger partial charge in [0.2, 0.25) is 5.91 Å². The number of rotatable bonds is 5. The highest BCUT2D eigenvalue weighted by atomic mass is 35.5. The molecule has 25 heavy (non-hydrogen) atoms. The lowest BCUT2D eigenvalue weighted by Gasteiger charge is -2.12. The van der Waals surface area contributed by atoms with Crippen LogP contribution in [0, 0.1) is 10.1 Å². The maximum absolute atomic E-state index is 12.3. The Balaban J connectivity index is 1.76. The maximum atomic E-state index is 12.3. The van der Waals surface area contributed by atoms with Gasteiger partial charge in [-0.2, -0.15) is 0 Å². The Kier molecular flexibility index (Phi) is 4.81. The second-order valence-corrected chi connectivity index (χ2v) is 5.84. The summed E-state index contributed by atoms with van der Waals surface area (Å²) in [6.45, 7) is 0. The molecular weight excluding hydrogens is 342 g/mol. The van der Waals surface area contributed by atoms with Crippen molar-refractivity contribution >= 4 is 28.9 Å². The van der Waals surface area contributed by atoms with Crippen LogP contribution < -0.4 is 5.32 Å². The van der Waals surface area contributed by atoms with Crippen molar-refractivity contribution in [1.82, 2.24) is 4.57 Å². The minimum Gasteiger partial charge on any atom is -0.324 e. The van der Waals surface area contributed by atoms with Crippen molar-refractivity contribution in [3.8, 4) is 5.69 Å². The highest BCUT2D eigenvalue weighted by Gasteiger charge is 2.11. The summed E-state index contributed by atoms with van der Waals surface area (Å²) in [5.74, 6) is -0.218. The van der Waals surface area contributed by atoms with Crippen molar-refractivity contribution < 1.29 is 9.72 Å². The molecular formula is C18H14ClN3O3. The molecule has 7 heteroatoms. The Morgan fingerprint density at radius 2 is 1.80 bits per heavy atom. The molecule has 1 N–H and O–H groups in total. The van der Waals surface area contributed by atoms with E-state index in [0.29, 0.717) is 16.3 Å². The fraction of sp³-hybridized carbons (Fsp3) is 0.0556. The van der Waals surface area contributed by atoms with E-state index in [2.05, 4.69) is 5.32 Å². The molecule has 3 rings (SSSR count). The standard InChI is InChI=1S/C18H14ClN3O3/c19-14-5-8-16(17(12-14)21-9-1-2-10-21)20-18(23)11-13-3-6-15(7-4-13)22(24)25/h1-10,12H,11H2,(H,20,23). The van der Waals surface area contributed by atoms with Gasteiger partial charge in [-0.15, -0.1) is 0 Å². The first kappa shape index (κ1) is 16.7. The van der Waals surface area contributed by atoms with Gasteiger partial charge < -0.3 is 9.88 Å². The van der Waals surface area contributed by atoms with Gasteiger partial charge in [-0.25, -0.2) is 0 Å². The Morgan fingerprint density at radius 3 is 2.44 bits per heavy atom. The zero-order chi connectivity index (χ0) is 17.8. The van der Waals surface area contributed by atoms with Crippen LogP contribution in [0.4, 0.5) is 11.4 Å². The SMILES string of the molecule is O=C(Cc1ccc([N+](=O)[O-])cc1)Nc1ccc(Cl)cc1-n1cccc1. The molecule has 0 spiro atoms.